The maximum Gasteiger partial charge on any atom is 0.306 e. The van der Waals surface area contributed by atoms with Gasteiger partial charge in [0.15, 0.2) is 0 Å². The lowest BCUT2D eigenvalue weighted by atomic mass is 10.1. The van der Waals surface area contributed by atoms with Crippen LogP contribution in [0.2, 0.25) is 0 Å². The monoisotopic (exact) mass is 372 g/mol. The van der Waals surface area contributed by atoms with Crippen LogP contribution in [0.1, 0.15) is 29.5 Å². The average molecular weight is 372 g/mol. The number of esters is 1. The molecule has 0 spiro atoms. The van der Waals surface area contributed by atoms with E-state index in [1.165, 1.54) is 0 Å². The van der Waals surface area contributed by atoms with Crippen molar-refractivity contribution < 1.29 is 17.9 Å². The van der Waals surface area contributed by atoms with Crippen LogP contribution in [0.4, 0.5) is 0 Å². The Bertz CT molecular complexity index is 952. The molecule has 0 saturated carbocycles. The Labute approximate surface area is 153 Å². The van der Waals surface area contributed by atoms with Crippen molar-refractivity contribution in [3.8, 4) is 0 Å². The molecule has 0 saturated heterocycles. The molecule has 2 aromatic rings. The molecule has 0 amide bonds. The van der Waals surface area contributed by atoms with Gasteiger partial charge in [0.25, 0.3) is 10.0 Å². The SMILES string of the molecule is Cc1cccc(COC(=O)CCCN=C2NS(=O)(=O)c3ccccc32)c1. The summed E-state index contributed by atoms with van der Waals surface area (Å²) in [7, 11) is -3.52. The van der Waals surface area contributed by atoms with Crippen LogP contribution in [-0.2, 0) is 26.2 Å². The van der Waals surface area contributed by atoms with Gasteiger partial charge in [-0.25, -0.2) is 8.42 Å². The smallest absolute Gasteiger partial charge is 0.306 e. The van der Waals surface area contributed by atoms with Gasteiger partial charge in [0.2, 0.25) is 0 Å². The second-order valence-corrected chi connectivity index (χ2v) is 7.74. The van der Waals surface area contributed by atoms with Gasteiger partial charge in [0.1, 0.15) is 12.4 Å². The minimum Gasteiger partial charge on any atom is -0.461 e. The number of amidine groups is 1. The molecule has 0 radical (unpaired) electrons. The van der Waals surface area contributed by atoms with E-state index < -0.39 is 10.0 Å². The first-order chi connectivity index (χ1) is 12.5. The number of carbonyl (C=O) groups excluding carboxylic acids is 1. The zero-order valence-electron chi connectivity index (χ0n) is 14.4. The Morgan fingerprint density at radius 2 is 1.96 bits per heavy atom. The van der Waals surface area contributed by atoms with E-state index in [2.05, 4.69) is 9.71 Å². The molecule has 1 aliphatic heterocycles. The Hall–Kier alpha value is -2.67. The van der Waals surface area contributed by atoms with Crippen LogP contribution in [0.5, 0.6) is 0 Å². The molecule has 1 aliphatic rings. The predicted molar refractivity (Wildman–Crippen MR) is 98.4 cm³/mol. The van der Waals surface area contributed by atoms with Crippen molar-refractivity contribution in [2.45, 2.75) is 31.3 Å². The normalized spacial score (nSPS) is 16.1. The van der Waals surface area contributed by atoms with E-state index in [0.717, 1.165) is 11.1 Å². The first kappa shape index (κ1) is 18.1. The molecule has 1 heterocycles. The lowest BCUT2D eigenvalue weighted by Crippen LogP contribution is -2.22. The standard InChI is InChI=1S/C19H20N2O4S/c1-14-6-4-7-15(12-14)13-25-18(22)10-5-11-20-19-16-8-2-3-9-17(16)26(23,24)21-19/h2-4,6-9,12H,5,10-11,13H2,1H3,(H,20,21). The first-order valence-electron chi connectivity index (χ1n) is 8.33. The van der Waals surface area contributed by atoms with Crippen molar-refractivity contribution in [1.29, 1.82) is 0 Å². The van der Waals surface area contributed by atoms with Crippen molar-refractivity contribution in [2.75, 3.05) is 6.54 Å². The van der Waals surface area contributed by atoms with Crippen LogP contribution in [-0.4, -0.2) is 26.8 Å². The van der Waals surface area contributed by atoms with Crippen molar-refractivity contribution in [3.63, 3.8) is 0 Å². The second-order valence-electron chi connectivity index (χ2n) is 6.09. The average Bonchev–Trinajstić information content (AvgIpc) is 2.88. The third kappa shape index (κ3) is 4.29. The van der Waals surface area contributed by atoms with Crippen LogP contribution < -0.4 is 4.72 Å². The fraction of sp³-hybridized carbons (Fsp3) is 0.263. The van der Waals surface area contributed by atoms with Gasteiger partial charge in [0.05, 0.1) is 4.90 Å². The van der Waals surface area contributed by atoms with E-state index >= 15 is 0 Å². The summed E-state index contributed by atoms with van der Waals surface area (Å²) in [6, 6.07) is 14.5. The number of fused-ring (bicyclic) bond motifs is 1. The number of benzene rings is 2. The molecular formula is C19H20N2O4S. The van der Waals surface area contributed by atoms with E-state index in [4.69, 9.17) is 4.74 Å². The Morgan fingerprint density at radius 3 is 2.77 bits per heavy atom. The summed E-state index contributed by atoms with van der Waals surface area (Å²) in [5, 5.41) is 0. The van der Waals surface area contributed by atoms with Gasteiger partial charge in [-0.15, -0.1) is 0 Å². The molecule has 0 fully saturated rings. The molecule has 0 bridgehead atoms. The Balaban J connectivity index is 1.48. The number of aliphatic imine (C=N–C) groups is 1. The van der Waals surface area contributed by atoms with Crippen molar-refractivity contribution >= 4 is 21.8 Å². The number of aryl methyl sites for hydroxylation is 1. The number of hydrogen-bond acceptors (Lipinski definition) is 5. The van der Waals surface area contributed by atoms with Crippen LogP contribution in [0.3, 0.4) is 0 Å². The molecular weight excluding hydrogens is 352 g/mol. The van der Waals surface area contributed by atoms with Gasteiger partial charge in [-0.1, -0.05) is 42.0 Å². The maximum atomic E-state index is 12.0. The van der Waals surface area contributed by atoms with Crippen molar-refractivity contribution in [2.24, 2.45) is 4.99 Å². The summed E-state index contributed by atoms with van der Waals surface area (Å²) in [5.41, 5.74) is 2.64. The topological polar surface area (TPSA) is 84.8 Å². The molecule has 26 heavy (non-hydrogen) atoms. The maximum absolute atomic E-state index is 12.0. The molecule has 0 aromatic heterocycles. The number of sulfonamides is 1. The van der Waals surface area contributed by atoms with E-state index in [9.17, 15) is 13.2 Å². The fourth-order valence-electron chi connectivity index (χ4n) is 2.70. The van der Waals surface area contributed by atoms with Crippen LogP contribution >= 0.6 is 0 Å². The Kier molecular flexibility index (Phi) is 5.37. The number of nitrogens with zero attached hydrogens (tertiary/aromatic N) is 1. The predicted octanol–water partition coefficient (Wildman–Crippen LogP) is 2.56. The van der Waals surface area contributed by atoms with Crippen molar-refractivity contribution in [3.05, 3.63) is 65.2 Å². The summed E-state index contributed by atoms with van der Waals surface area (Å²) in [6.45, 7) is 2.58. The van der Waals surface area contributed by atoms with Gasteiger partial charge < -0.3 is 4.74 Å². The van der Waals surface area contributed by atoms with Gasteiger partial charge in [-0.3, -0.25) is 14.5 Å². The summed E-state index contributed by atoms with van der Waals surface area (Å²) >= 11 is 0. The highest BCUT2D eigenvalue weighted by Crippen LogP contribution is 2.22. The summed E-state index contributed by atoms with van der Waals surface area (Å²) < 4.78 is 31.7. The van der Waals surface area contributed by atoms with Gasteiger partial charge in [-0.05, 0) is 31.0 Å². The summed E-state index contributed by atoms with van der Waals surface area (Å²) in [6.07, 6.45) is 0.719. The number of rotatable bonds is 6. The quantitative estimate of drug-likeness (QED) is 0.624. The van der Waals surface area contributed by atoms with E-state index in [1.807, 2.05) is 31.2 Å². The number of ether oxygens (including phenoxy) is 1. The molecule has 6 nitrogen and oxygen atoms in total. The molecule has 0 unspecified atom stereocenters. The lowest BCUT2D eigenvalue weighted by molar-refractivity contribution is -0.145. The highest BCUT2D eigenvalue weighted by Gasteiger charge is 2.29. The summed E-state index contributed by atoms with van der Waals surface area (Å²) in [4.78, 5) is 16.3. The molecule has 0 aliphatic carbocycles. The summed E-state index contributed by atoms with van der Waals surface area (Å²) in [5.74, 6) is 0.0350. The van der Waals surface area contributed by atoms with Gasteiger partial charge in [0, 0.05) is 18.5 Å². The highest BCUT2D eigenvalue weighted by atomic mass is 32.2. The molecule has 1 N–H and O–H groups in total. The largest absolute Gasteiger partial charge is 0.461 e. The highest BCUT2D eigenvalue weighted by molar-refractivity contribution is 7.90. The van der Waals surface area contributed by atoms with Crippen LogP contribution in [0.15, 0.2) is 58.4 Å². The molecule has 3 rings (SSSR count). The Morgan fingerprint density at radius 1 is 1.15 bits per heavy atom. The van der Waals surface area contributed by atoms with Gasteiger partial charge in [-0.2, -0.15) is 0 Å². The first-order valence-corrected chi connectivity index (χ1v) is 9.82. The number of hydrogen-bond donors (Lipinski definition) is 1. The second kappa shape index (κ2) is 7.70. The van der Waals surface area contributed by atoms with E-state index in [0.29, 0.717) is 24.4 Å². The van der Waals surface area contributed by atoms with Gasteiger partial charge >= 0.3 is 5.97 Å². The van der Waals surface area contributed by atoms with Crippen molar-refractivity contribution in [1.82, 2.24) is 4.72 Å². The molecule has 7 heteroatoms. The molecule has 136 valence electrons. The molecule has 0 atom stereocenters. The molecule has 2 aromatic carbocycles. The third-order valence-electron chi connectivity index (χ3n) is 3.95. The number of carbonyl (C=O) groups is 1. The third-order valence-corrected chi connectivity index (χ3v) is 5.35. The minimum atomic E-state index is -3.52. The van der Waals surface area contributed by atoms with Crippen LogP contribution in [0.25, 0.3) is 0 Å². The zero-order valence-corrected chi connectivity index (χ0v) is 15.3. The number of nitrogens with one attached hydrogen (secondary N) is 1. The lowest BCUT2D eigenvalue weighted by Gasteiger charge is -2.05. The van der Waals surface area contributed by atoms with Crippen LogP contribution in [0, 0.1) is 6.92 Å². The van der Waals surface area contributed by atoms with E-state index in [1.54, 1.807) is 24.3 Å². The fourth-order valence-corrected chi connectivity index (χ4v) is 3.95. The minimum absolute atomic E-state index is 0.233. The van der Waals surface area contributed by atoms with E-state index in [-0.39, 0.29) is 23.9 Å². The zero-order chi connectivity index (χ0) is 18.6.